The zero-order valence-electron chi connectivity index (χ0n) is 15.7. The Morgan fingerprint density at radius 1 is 1.30 bits per heavy atom. The quantitative estimate of drug-likeness (QED) is 0.786. The number of hydrogen-bond donors (Lipinski definition) is 1. The number of piperidine rings is 1. The number of likely N-dealkylation sites (tertiary alicyclic amines) is 1. The largest absolute Gasteiger partial charge is 0.352 e. The topological polar surface area (TPSA) is 67.2 Å². The van der Waals surface area contributed by atoms with Gasteiger partial charge in [0.05, 0.1) is 23.1 Å². The molecule has 1 aliphatic rings. The lowest BCUT2D eigenvalue weighted by molar-refractivity contribution is -0.122. The zero-order valence-corrected chi connectivity index (χ0v) is 17.3. The molecule has 1 fully saturated rings. The summed E-state index contributed by atoms with van der Waals surface area (Å²) in [6.45, 7) is 5.16. The van der Waals surface area contributed by atoms with E-state index < -0.39 is 0 Å². The molecule has 1 saturated heterocycles. The Hall–Kier alpha value is -2.15. The van der Waals surface area contributed by atoms with Crippen molar-refractivity contribution in [2.45, 2.75) is 45.6 Å². The lowest BCUT2D eigenvalue weighted by atomic mass is 10.0. The summed E-state index contributed by atoms with van der Waals surface area (Å²) in [6, 6.07) is 7.85. The molecule has 6 nitrogen and oxygen atoms in total. The monoisotopic (exact) mass is 432 g/mol. The second kappa shape index (κ2) is 8.69. The first-order chi connectivity index (χ1) is 13.0. The van der Waals surface area contributed by atoms with E-state index in [1.165, 1.54) is 0 Å². The van der Waals surface area contributed by atoms with Gasteiger partial charge in [0.25, 0.3) is 5.91 Å². The number of aromatic nitrogens is 2. The van der Waals surface area contributed by atoms with Crippen molar-refractivity contribution in [3.63, 3.8) is 0 Å². The van der Waals surface area contributed by atoms with Crippen LogP contribution in [-0.2, 0) is 4.79 Å². The second-order valence-corrected chi connectivity index (χ2v) is 7.86. The van der Waals surface area contributed by atoms with Crippen LogP contribution in [0.25, 0.3) is 5.69 Å². The Morgan fingerprint density at radius 2 is 2.04 bits per heavy atom. The van der Waals surface area contributed by atoms with E-state index in [4.69, 9.17) is 0 Å². The minimum Gasteiger partial charge on any atom is -0.352 e. The number of amides is 2. The molecule has 2 heterocycles. The van der Waals surface area contributed by atoms with E-state index in [-0.39, 0.29) is 17.9 Å². The Bertz CT molecular complexity index is 816. The number of carbonyl (C=O) groups is 2. The number of benzene rings is 1. The van der Waals surface area contributed by atoms with Crippen LogP contribution in [0.1, 0.15) is 48.7 Å². The average molecular weight is 433 g/mol. The van der Waals surface area contributed by atoms with Gasteiger partial charge < -0.3 is 10.2 Å². The SMILES string of the molecule is CCCC(=O)NC1CCCN(C(=O)c2cnn(-c3ccc(Br)cc3)c2C)C1. The van der Waals surface area contributed by atoms with Crippen LogP contribution in [-0.4, -0.2) is 45.6 Å². The highest BCUT2D eigenvalue weighted by Crippen LogP contribution is 2.20. The predicted molar refractivity (Wildman–Crippen MR) is 108 cm³/mol. The predicted octanol–water partition coefficient (Wildman–Crippen LogP) is 3.46. The molecule has 0 spiro atoms. The van der Waals surface area contributed by atoms with Gasteiger partial charge in [-0.3, -0.25) is 9.59 Å². The zero-order chi connectivity index (χ0) is 19.4. The van der Waals surface area contributed by atoms with Crippen molar-refractivity contribution in [1.82, 2.24) is 20.0 Å². The van der Waals surface area contributed by atoms with Gasteiger partial charge in [0.1, 0.15) is 0 Å². The molecule has 1 aromatic heterocycles. The molecule has 0 bridgehead atoms. The van der Waals surface area contributed by atoms with Gasteiger partial charge in [0.15, 0.2) is 0 Å². The molecule has 0 saturated carbocycles. The van der Waals surface area contributed by atoms with Gasteiger partial charge >= 0.3 is 0 Å². The molecular formula is C20H25BrN4O2. The van der Waals surface area contributed by atoms with Crippen molar-refractivity contribution in [1.29, 1.82) is 0 Å². The van der Waals surface area contributed by atoms with E-state index in [1.54, 1.807) is 10.9 Å². The van der Waals surface area contributed by atoms with Crippen molar-refractivity contribution < 1.29 is 9.59 Å². The highest BCUT2D eigenvalue weighted by atomic mass is 79.9. The highest BCUT2D eigenvalue weighted by molar-refractivity contribution is 9.10. The Balaban J connectivity index is 1.72. The maximum atomic E-state index is 13.0. The maximum Gasteiger partial charge on any atom is 0.257 e. The van der Waals surface area contributed by atoms with Gasteiger partial charge in [-0.2, -0.15) is 5.10 Å². The van der Waals surface area contributed by atoms with Crippen molar-refractivity contribution in [2.75, 3.05) is 13.1 Å². The molecule has 1 unspecified atom stereocenters. The maximum absolute atomic E-state index is 13.0. The number of rotatable bonds is 5. The van der Waals surface area contributed by atoms with Crippen molar-refractivity contribution in [2.24, 2.45) is 0 Å². The molecule has 1 aliphatic heterocycles. The van der Waals surface area contributed by atoms with Crippen LogP contribution in [0, 0.1) is 6.92 Å². The average Bonchev–Trinajstić information content (AvgIpc) is 3.03. The lowest BCUT2D eigenvalue weighted by Gasteiger charge is -2.33. The summed E-state index contributed by atoms with van der Waals surface area (Å²) in [6.07, 6.45) is 4.80. The van der Waals surface area contributed by atoms with Crippen LogP contribution < -0.4 is 5.32 Å². The van der Waals surface area contributed by atoms with Crippen LogP contribution in [0.3, 0.4) is 0 Å². The fraction of sp³-hybridized carbons (Fsp3) is 0.450. The molecule has 0 aliphatic carbocycles. The molecule has 2 amide bonds. The van der Waals surface area contributed by atoms with Crippen LogP contribution in [0.5, 0.6) is 0 Å². The summed E-state index contributed by atoms with van der Waals surface area (Å²) in [5.41, 5.74) is 2.34. The number of nitrogens with one attached hydrogen (secondary N) is 1. The van der Waals surface area contributed by atoms with Crippen LogP contribution in [0.2, 0.25) is 0 Å². The summed E-state index contributed by atoms with van der Waals surface area (Å²) in [7, 11) is 0. The van der Waals surface area contributed by atoms with E-state index in [1.807, 2.05) is 43.0 Å². The van der Waals surface area contributed by atoms with E-state index in [0.29, 0.717) is 25.1 Å². The third-order valence-electron chi connectivity index (χ3n) is 4.86. The van der Waals surface area contributed by atoms with Crippen molar-refractivity contribution in [3.05, 3.63) is 46.2 Å². The lowest BCUT2D eigenvalue weighted by Crippen LogP contribution is -2.49. The molecule has 27 heavy (non-hydrogen) atoms. The normalized spacial score (nSPS) is 17.0. The van der Waals surface area contributed by atoms with Gasteiger partial charge in [-0.25, -0.2) is 4.68 Å². The summed E-state index contributed by atoms with van der Waals surface area (Å²) in [4.78, 5) is 26.7. The van der Waals surface area contributed by atoms with Crippen LogP contribution in [0.15, 0.2) is 34.9 Å². The minimum atomic E-state index is -0.0229. The summed E-state index contributed by atoms with van der Waals surface area (Å²) in [5, 5.41) is 7.46. The van der Waals surface area contributed by atoms with Gasteiger partial charge in [-0.1, -0.05) is 22.9 Å². The third kappa shape index (κ3) is 4.58. The number of halogens is 1. The molecule has 7 heteroatoms. The third-order valence-corrected chi connectivity index (χ3v) is 5.39. The van der Waals surface area contributed by atoms with Crippen LogP contribution >= 0.6 is 15.9 Å². The van der Waals surface area contributed by atoms with E-state index in [2.05, 4.69) is 26.3 Å². The molecule has 3 rings (SSSR count). The second-order valence-electron chi connectivity index (χ2n) is 6.94. The Morgan fingerprint density at radius 3 is 2.74 bits per heavy atom. The Labute approximate surface area is 168 Å². The summed E-state index contributed by atoms with van der Waals surface area (Å²) in [5.74, 6) is 0.0429. The highest BCUT2D eigenvalue weighted by Gasteiger charge is 2.27. The molecular weight excluding hydrogens is 408 g/mol. The first kappa shape index (κ1) is 19.6. The molecule has 0 radical (unpaired) electrons. The van der Waals surface area contributed by atoms with Gasteiger partial charge in [0, 0.05) is 30.0 Å². The molecule has 1 aromatic carbocycles. The van der Waals surface area contributed by atoms with Crippen molar-refractivity contribution >= 4 is 27.7 Å². The standard InChI is InChI=1S/C20H25BrN4O2/c1-3-5-19(26)23-16-6-4-11-24(13-16)20(27)18-12-22-25(14(18)2)17-9-7-15(21)8-10-17/h7-10,12,16H,3-6,11,13H2,1-2H3,(H,23,26). The number of hydrogen-bond acceptors (Lipinski definition) is 3. The molecule has 1 N–H and O–H groups in total. The molecule has 2 aromatic rings. The van der Waals surface area contributed by atoms with Gasteiger partial charge in [0.2, 0.25) is 5.91 Å². The first-order valence-electron chi connectivity index (χ1n) is 9.38. The van der Waals surface area contributed by atoms with Gasteiger partial charge in [-0.15, -0.1) is 0 Å². The van der Waals surface area contributed by atoms with E-state index in [0.717, 1.165) is 35.1 Å². The fourth-order valence-electron chi connectivity index (χ4n) is 3.44. The summed E-state index contributed by atoms with van der Waals surface area (Å²) >= 11 is 3.43. The molecule has 1 atom stereocenters. The molecule has 144 valence electrons. The van der Waals surface area contributed by atoms with E-state index in [9.17, 15) is 9.59 Å². The first-order valence-corrected chi connectivity index (χ1v) is 10.2. The van der Waals surface area contributed by atoms with E-state index >= 15 is 0 Å². The fourth-order valence-corrected chi connectivity index (χ4v) is 3.70. The summed E-state index contributed by atoms with van der Waals surface area (Å²) < 4.78 is 2.78. The number of nitrogens with zero attached hydrogens (tertiary/aromatic N) is 3. The minimum absolute atomic E-state index is 0.0229. The number of carbonyl (C=O) groups excluding carboxylic acids is 2. The van der Waals surface area contributed by atoms with Gasteiger partial charge in [-0.05, 0) is 50.5 Å². The van der Waals surface area contributed by atoms with Crippen LogP contribution in [0.4, 0.5) is 0 Å². The smallest absolute Gasteiger partial charge is 0.257 e. The van der Waals surface area contributed by atoms with Crippen molar-refractivity contribution in [3.8, 4) is 5.69 Å². The Kier molecular flexibility index (Phi) is 6.31.